The van der Waals surface area contributed by atoms with Crippen molar-refractivity contribution in [3.05, 3.63) is 57.9 Å². The summed E-state index contributed by atoms with van der Waals surface area (Å²) in [6.07, 6.45) is 1.59. The van der Waals surface area contributed by atoms with Gasteiger partial charge in [0.25, 0.3) is 5.91 Å². The van der Waals surface area contributed by atoms with E-state index in [9.17, 15) is 9.18 Å². The highest BCUT2D eigenvalue weighted by molar-refractivity contribution is 9.10. The first kappa shape index (κ1) is 16.9. The zero-order valence-corrected chi connectivity index (χ0v) is 14.0. The fourth-order valence-electron chi connectivity index (χ4n) is 1.74. The number of pyridine rings is 1. The number of thioether (sulfide) groups is 1. The van der Waals surface area contributed by atoms with E-state index in [2.05, 4.69) is 26.2 Å². The second kappa shape index (κ2) is 8.26. The van der Waals surface area contributed by atoms with Crippen LogP contribution in [0, 0.1) is 5.82 Å². The first-order valence-corrected chi connectivity index (χ1v) is 8.45. The molecule has 0 aliphatic heterocycles. The molecule has 1 heterocycles. The van der Waals surface area contributed by atoms with Gasteiger partial charge >= 0.3 is 0 Å². The molecule has 4 nitrogen and oxygen atoms in total. The molecule has 2 N–H and O–H groups in total. The lowest BCUT2D eigenvalue weighted by Crippen LogP contribution is -2.14. The Kier molecular flexibility index (Phi) is 6.35. The fourth-order valence-corrected chi connectivity index (χ4v) is 2.77. The van der Waals surface area contributed by atoms with Crippen molar-refractivity contribution in [3.63, 3.8) is 0 Å². The van der Waals surface area contributed by atoms with Crippen molar-refractivity contribution in [2.45, 2.75) is 5.75 Å². The van der Waals surface area contributed by atoms with Crippen LogP contribution in [0.15, 0.2) is 41.0 Å². The molecule has 0 fully saturated rings. The summed E-state index contributed by atoms with van der Waals surface area (Å²) in [5.74, 6) is 0.584. The molecule has 22 heavy (non-hydrogen) atoms. The third kappa shape index (κ3) is 4.79. The molecule has 0 bridgehead atoms. The van der Waals surface area contributed by atoms with Crippen LogP contribution >= 0.6 is 27.7 Å². The lowest BCUT2D eigenvalue weighted by molar-refractivity contribution is 0.102. The Labute approximate surface area is 140 Å². The number of carbonyl (C=O) groups is 1. The maximum atomic E-state index is 13.8. The number of rotatable bonds is 6. The average molecular weight is 385 g/mol. The van der Waals surface area contributed by atoms with Gasteiger partial charge in [0.2, 0.25) is 0 Å². The minimum absolute atomic E-state index is 0.0370. The van der Waals surface area contributed by atoms with Crippen molar-refractivity contribution in [3.8, 4) is 0 Å². The highest BCUT2D eigenvalue weighted by atomic mass is 79.9. The van der Waals surface area contributed by atoms with Crippen LogP contribution in [0.1, 0.15) is 15.9 Å². The summed E-state index contributed by atoms with van der Waals surface area (Å²) >= 11 is 4.73. The van der Waals surface area contributed by atoms with E-state index in [1.165, 1.54) is 12.1 Å². The van der Waals surface area contributed by atoms with Crippen LogP contribution in [-0.4, -0.2) is 28.4 Å². The summed E-state index contributed by atoms with van der Waals surface area (Å²) in [5, 5.41) is 11.3. The molecule has 1 aromatic heterocycles. The molecule has 1 aromatic carbocycles. The minimum Gasteiger partial charge on any atom is -0.396 e. The zero-order valence-electron chi connectivity index (χ0n) is 11.6. The maximum Gasteiger partial charge on any atom is 0.259 e. The van der Waals surface area contributed by atoms with E-state index in [-0.39, 0.29) is 12.2 Å². The Balaban J connectivity index is 2.06. The summed E-state index contributed by atoms with van der Waals surface area (Å²) < 4.78 is 14.3. The third-order valence-corrected chi connectivity index (χ3v) is 4.25. The molecule has 0 unspecified atom stereocenters. The number of aliphatic hydroxyl groups excluding tert-OH is 1. The number of nitrogens with one attached hydrogen (secondary N) is 1. The van der Waals surface area contributed by atoms with Crippen LogP contribution in [0.3, 0.4) is 0 Å². The normalized spacial score (nSPS) is 10.5. The van der Waals surface area contributed by atoms with Crippen LogP contribution < -0.4 is 5.32 Å². The summed E-state index contributed by atoms with van der Waals surface area (Å²) in [6, 6.07) is 7.83. The van der Waals surface area contributed by atoms with E-state index in [0.717, 1.165) is 5.56 Å². The smallest absolute Gasteiger partial charge is 0.259 e. The first-order chi connectivity index (χ1) is 10.6. The fraction of sp³-hybridized carbons (Fsp3) is 0.200. The van der Waals surface area contributed by atoms with Gasteiger partial charge in [-0.15, -0.1) is 0 Å². The van der Waals surface area contributed by atoms with Gasteiger partial charge in [0.05, 0.1) is 12.2 Å². The number of aliphatic hydroxyl groups is 1. The van der Waals surface area contributed by atoms with E-state index in [4.69, 9.17) is 5.11 Å². The quantitative estimate of drug-likeness (QED) is 0.748. The summed E-state index contributed by atoms with van der Waals surface area (Å²) in [4.78, 5) is 16.1. The van der Waals surface area contributed by atoms with Gasteiger partial charge in [0.15, 0.2) is 0 Å². The number of hydrogen-bond acceptors (Lipinski definition) is 4. The van der Waals surface area contributed by atoms with Gasteiger partial charge in [-0.05, 0) is 35.9 Å². The second-order valence-electron chi connectivity index (χ2n) is 4.40. The van der Waals surface area contributed by atoms with Gasteiger partial charge in [-0.2, -0.15) is 11.8 Å². The number of amides is 1. The van der Waals surface area contributed by atoms with E-state index in [0.29, 0.717) is 21.8 Å². The van der Waals surface area contributed by atoms with Crippen LogP contribution in [0.4, 0.5) is 10.2 Å². The molecule has 0 spiro atoms. The number of aromatic nitrogens is 1. The minimum atomic E-state index is -0.596. The van der Waals surface area contributed by atoms with Crippen molar-refractivity contribution < 1.29 is 14.3 Å². The third-order valence-electron chi connectivity index (χ3n) is 2.75. The van der Waals surface area contributed by atoms with E-state index in [1.54, 1.807) is 30.1 Å². The Morgan fingerprint density at radius 1 is 1.36 bits per heavy atom. The predicted molar refractivity (Wildman–Crippen MR) is 89.5 cm³/mol. The summed E-state index contributed by atoms with van der Waals surface area (Å²) in [7, 11) is 0. The van der Waals surface area contributed by atoms with Gasteiger partial charge in [0.1, 0.15) is 11.6 Å². The van der Waals surface area contributed by atoms with Gasteiger partial charge in [-0.1, -0.05) is 15.9 Å². The van der Waals surface area contributed by atoms with Gasteiger partial charge in [0, 0.05) is 22.2 Å². The van der Waals surface area contributed by atoms with Crippen molar-refractivity contribution >= 4 is 39.4 Å². The number of nitrogens with zero attached hydrogens (tertiary/aromatic N) is 1. The number of hydrogen-bond donors (Lipinski definition) is 2. The Morgan fingerprint density at radius 2 is 2.18 bits per heavy atom. The SMILES string of the molecule is O=C(Nc1cc(CSCCO)ccn1)c1ccc(Br)cc1F. The molecule has 0 radical (unpaired) electrons. The molecule has 2 aromatic rings. The Hall–Kier alpha value is -1.44. The van der Waals surface area contributed by atoms with E-state index >= 15 is 0 Å². The van der Waals surface area contributed by atoms with Crippen LogP contribution in [0.5, 0.6) is 0 Å². The second-order valence-corrected chi connectivity index (χ2v) is 6.42. The largest absolute Gasteiger partial charge is 0.396 e. The van der Waals surface area contributed by atoms with Gasteiger partial charge in [-0.3, -0.25) is 4.79 Å². The number of halogens is 2. The van der Waals surface area contributed by atoms with Crippen LogP contribution in [0.25, 0.3) is 0 Å². The Morgan fingerprint density at radius 3 is 2.91 bits per heavy atom. The van der Waals surface area contributed by atoms with E-state index < -0.39 is 11.7 Å². The topological polar surface area (TPSA) is 62.2 Å². The average Bonchev–Trinajstić information content (AvgIpc) is 2.47. The molecule has 0 saturated heterocycles. The summed E-state index contributed by atoms with van der Waals surface area (Å²) in [6.45, 7) is 0.127. The molecule has 0 atom stereocenters. The highest BCUT2D eigenvalue weighted by Gasteiger charge is 2.12. The van der Waals surface area contributed by atoms with Crippen molar-refractivity contribution in [1.29, 1.82) is 0 Å². The number of anilines is 1. The highest BCUT2D eigenvalue weighted by Crippen LogP contribution is 2.18. The molecule has 2 rings (SSSR count). The lowest BCUT2D eigenvalue weighted by Gasteiger charge is -2.07. The van der Waals surface area contributed by atoms with Crippen LogP contribution in [-0.2, 0) is 5.75 Å². The number of carbonyl (C=O) groups excluding carboxylic acids is 1. The van der Waals surface area contributed by atoms with Crippen molar-refractivity contribution in [1.82, 2.24) is 4.98 Å². The van der Waals surface area contributed by atoms with Crippen LogP contribution in [0.2, 0.25) is 0 Å². The first-order valence-electron chi connectivity index (χ1n) is 6.50. The van der Waals surface area contributed by atoms with Gasteiger partial charge < -0.3 is 10.4 Å². The molecule has 116 valence electrons. The molecule has 1 amide bonds. The molecule has 7 heteroatoms. The molecular weight excluding hydrogens is 371 g/mol. The lowest BCUT2D eigenvalue weighted by atomic mass is 10.2. The standard InChI is InChI=1S/C15H14BrFN2O2S/c16-11-1-2-12(13(17)8-11)15(21)19-14-7-10(3-4-18-14)9-22-6-5-20/h1-4,7-8,20H,5-6,9H2,(H,18,19,21). The molecule has 0 aliphatic rings. The molecule has 0 aliphatic carbocycles. The maximum absolute atomic E-state index is 13.8. The predicted octanol–water partition coefficient (Wildman–Crippen LogP) is 3.46. The molecular formula is C15H14BrFN2O2S. The van der Waals surface area contributed by atoms with E-state index in [1.807, 2.05) is 6.07 Å². The monoisotopic (exact) mass is 384 g/mol. The van der Waals surface area contributed by atoms with Crippen molar-refractivity contribution in [2.24, 2.45) is 0 Å². The zero-order chi connectivity index (χ0) is 15.9. The van der Waals surface area contributed by atoms with Gasteiger partial charge in [-0.25, -0.2) is 9.37 Å². The number of benzene rings is 1. The molecule has 0 saturated carbocycles. The Bertz CT molecular complexity index is 670. The summed E-state index contributed by atoms with van der Waals surface area (Å²) in [5.41, 5.74) is 0.935. The van der Waals surface area contributed by atoms with Crippen molar-refractivity contribution in [2.75, 3.05) is 17.7 Å².